The van der Waals surface area contributed by atoms with Gasteiger partial charge in [-0.2, -0.15) is 9.57 Å². The summed E-state index contributed by atoms with van der Waals surface area (Å²) in [7, 11) is -3.78. The first-order chi connectivity index (χ1) is 16.4. The lowest BCUT2D eigenvalue weighted by Gasteiger charge is -2.35. The second kappa shape index (κ2) is 10.5. The summed E-state index contributed by atoms with van der Waals surface area (Å²) in [5.74, 6) is -0.597. The van der Waals surface area contributed by atoms with Gasteiger partial charge in [-0.1, -0.05) is 6.07 Å². The van der Waals surface area contributed by atoms with E-state index in [1.807, 2.05) is 24.3 Å². The van der Waals surface area contributed by atoms with E-state index in [0.29, 0.717) is 25.2 Å². The van der Waals surface area contributed by atoms with Crippen LogP contribution in [0.1, 0.15) is 12.0 Å². The highest BCUT2D eigenvalue weighted by molar-refractivity contribution is 7.89. The van der Waals surface area contributed by atoms with Crippen molar-refractivity contribution in [3.8, 4) is 6.07 Å². The van der Waals surface area contributed by atoms with Gasteiger partial charge in [0.25, 0.3) is 0 Å². The maximum atomic E-state index is 13.5. The van der Waals surface area contributed by atoms with Gasteiger partial charge in [0.1, 0.15) is 5.82 Å². The number of hydrogen-bond acceptors (Lipinski definition) is 6. The molecule has 10 heteroatoms. The van der Waals surface area contributed by atoms with Crippen LogP contribution in [0, 0.1) is 17.1 Å². The van der Waals surface area contributed by atoms with Crippen molar-refractivity contribution in [1.82, 2.24) is 14.1 Å². The Hall–Kier alpha value is -3.00. The Morgan fingerprint density at radius 1 is 0.941 bits per heavy atom. The molecule has 2 heterocycles. The number of nitrogens with zero attached hydrogens (tertiary/aromatic N) is 5. The average Bonchev–Trinajstić information content (AvgIpc) is 3.09. The predicted octanol–water partition coefficient (Wildman–Crippen LogP) is 1.74. The predicted molar refractivity (Wildman–Crippen MR) is 126 cm³/mol. The SMILES string of the molecule is N#Cc1ccc(N2CCCN(CC(=O)N3CCN(S(=O)(=O)c4cccc(F)c4)CC3)CC2)cc1. The number of piperazine rings is 1. The van der Waals surface area contributed by atoms with E-state index in [1.54, 1.807) is 4.90 Å². The summed E-state index contributed by atoms with van der Waals surface area (Å²) in [5, 5.41) is 8.97. The lowest BCUT2D eigenvalue weighted by atomic mass is 10.2. The van der Waals surface area contributed by atoms with Gasteiger partial charge in [-0.3, -0.25) is 9.69 Å². The first-order valence-corrected chi connectivity index (χ1v) is 12.8. The summed E-state index contributed by atoms with van der Waals surface area (Å²) in [6.07, 6.45) is 0.924. The Morgan fingerprint density at radius 2 is 1.68 bits per heavy atom. The van der Waals surface area contributed by atoms with Crippen LogP contribution in [0.5, 0.6) is 0 Å². The Labute approximate surface area is 199 Å². The number of sulfonamides is 1. The topological polar surface area (TPSA) is 88.0 Å². The van der Waals surface area contributed by atoms with E-state index in [1.165, 1.54) is 22.5 Å². The Balaban J connectivity index is 1.28. The Kier molecular flexibility index (Phi) is 7.46. The summed E-state index contributed by atoms with van der Waals surface area (Å²) >= 11 is 0. The smallest absolute Gasteiger partial charge is 0.243 e. The van der Waals surface area contributed by atoms with Gasteiger partial charge in [-0.25, -0.2) is 12.8 Å². The van der Waals surface area contributed by atoms with Crippen molar-refractivity contribution in [1.29, 1.82) is 5.26 Å². The number of carbonyl (C=O) groups excluding carboxylic acids is 1. The van der Waals surface area contributed by atoms with Crippen LogP contribution >= 0.6 is 0 Å². The number of rotatable bonds is 5. The third kappa shape index (κ3) is 5.55. The van der Waals surface area contributed by atoms with Gasteiger partial charge >= 0.3 is 0 Å². The van der Waals surface area contributed by atoms with Crippen LogP contribution in [-0.4, -0.2) is 87.3 Å². The van der Waals surface area contributed by atoms with Gasteiger partial charge in [0.15, 0.2) is 0 Å². The molecule has 0 bridgehead atoms. The number of anilines is 1. The van der Waals surface area contributed by atoms with Crippen molar-refractivity contribution in [2.45, 2.75) is 11.3 Å². The largest absolute Gasteiger partial charge is 0.370 e. The Morgan fingerprint density at radius 3 is 2.35 bits per heavy atom. The summed E-state index contributed by atoms with van der Waals surface area (Å²) < 4.78 is 40.4. The second-order valence-electron chi connectivity index (χ2n) is 8.52. The van der Waals surface area contributed by atoms with E-state index in [4.69, 9.17) is 5.26 Å². The summed E-state index contributed by atoms with van der Waals surface area (Å²) in [6, 6.07) is 14.7. The third-order valence-electron chi connectivity index (χ3n) is 6.33. The fourth-order valence-electron chi connectivity index (χ4n) is 4.38. The molecule has 0 aliphatic carbocycles. The second-order valence-corrected chi connectivity index (χ2v) is 10.5. The van der Waals surface area contributed by atoms with E-state index in [9.17, 15) is 17.6 Å². The average molecular weight is 486 g/mol. The highest BCUT2D eigenvalue weighted by Gasteiger charge is 2.31. The van der Waals surface area contributed by atoms with Crippen molar-refractivity contribution in [2.24, 2.45) is 0 Å². The van der Waals surface area contributed by atoms with E-state index in [2.05, 4.69) is 15.9 Å². The van der Waals surface area contributed by atoms with Crippen molar-refractivity contribution < 1.29 is 17.6 Å². The molecule has 4 rings (SSSR count). The minimum Gasteiger partial charge on any atom is -0.370 e. The highest BCUT2D eigenvalue weighted by Crippen LogP contribution is 2.20. The molecule has 34 heavy (non-hydrogen) atoms. The summed E-state index contributed by atoms with van der Waals surface area (Å²) in [6.45, 7) is 4.56. The number of halogens is 1. The van der Waals surface area contributed by atoms with Crippen LogP contribution in [0.15, 0.2) is 53.4 Å². The molecule has 0 radical (unpaired) electrons. The van der Waals surface area contributed by atoms with Crippen LogP contribution in [0.25, 0.3) is 0 Å². The van der Waals surface area contributed by atoms with Crippen LogP contribution in [-0.2, 0) is 14.8 Å². The Bertz CT molecular complexity index is 1160. The molecule has 2 aromatic carbocycles. The van der Waals surface area contributed by atoms with Crippen molar-refractivity contribution in [3.63, 3.8) is 0 Å². The zero-order chi connectivity index (χ0) is 24.1. The monoisotopic (exact) mass is 485 g/mol. The van der Waals surface area contributed by atoms with E-state index >= 15 is 0 Å². The first kappa shape index (κ1) is 24.1. The summed E-state index contributed by atoms with van der Waals surface area (Å²) in [5.41, 5.74) is 1.71. The molecule has 0 unspecified atom stereocenters. The molecular weight excluding hydrogens is 457 g/mol. The van der Waals surface area contributed by atoms with Crippen molar-refractivity contribution >= 4 is 21.6 Å². The number of hydrogen-bond donors (Lipinski definition) is 0. The fraction of sp³-hybridized carbons (Fsp3) is 0.417. The lowest BCUT2D eigenvalue weighted by Crippen LogP contribution is -2.52. The van der Waals surface area contributed by atoms with E-state index in [0.717, 1.165) is 44.4 Å². The minimum atomic E-state index is -3.78. The number of carbonyl (C=O) groups is 1. The standard InChI is InChI=1S/C24H28FN5O3S/c25-21-3-1-4-23(17-21)34(32,33)30-15-13-29(14-16-30)24(31)19-27-9-2-10-28(12-11-27)22-7-5-20(18-26)6-8-22/h1,3-8,17H,2,9-16,19H2. The molecule has 8 nitrogen and oxygen atoms in total. The zero-order valence-electron chi connectivity index (χ0n) is 18.9. The quantitative estimate of drug-likeness (QED) is 0.641. The van der Waals surface area contributed by atoms with Gasteiger partial charge in [0.05, 0.1) is 23.1 Å². The van der Waals surface area contributed by atoms with Gasteiger partial charge in [-0.05, 0) is 48.9 Å². The number of benzene rings is 2. The maximum absolute atomic E-state index is 13.5. The lowest BCUT2D eigenvalue weighted by molar-refractivity contribution is -0.133. The normalized spacial score (nSPS) is 18.4. The van der Waals surface area contributed by atoms with Gasteiger partial charge < -0.3 is 9.80 Å². The van der Waals surface area contributed by atoms with Gasteiger partial charge in [0, 0.05) is 58.0 Å². The fourth-order valence-corrected chi connectivity index (χ4v) is 5.83. The first-order valence-electron chi connectivity index (χ1n) is 11.4. The molecule has 1 amide bonds. The maximum Gasteiger partial charge on any atom is 0.243 e. The van der Waals surface area contributed by atoms with Crippen molar-refractivity contribution in [3.05, 3.63) is 59.9 Å². The number of amides is 1. The van der Waals surface area contributed by atoms with Crippen LogP contribution in [0.2, 0.25) is 0 Å². The molecule has 2 saturated heterocycles. The molecule has 0 spiro atoms. The molecular formula is C24H28FN5O3S. The van der Waals surface area contributed by atoms with E-state index < -0.39 is 15.8 Å². The van der Waals surface area contributed by atoms with Crippen LogP contribution in [0.4, 0.5) is 10.1 Å². The molecule has 0 saturated carbocycles. The molecule has 0 aromatic heterocycles. The molecule has 2 aromatic rings. The molecule has 0 atom stereocenters. The van der Waals surface area contributed by atoms with Crippen molar-refractivity contribution in [2.75, 3.05) is 63.8 Å². The summed E-state index contributed by atoms with van der Waals surface area (Å²) in [4.78, 5) is 18.9. The molecule has 0 N–H and O–H groups in total. The van der Waals surface area contributed by atoms with Crippen LogP contribution in [0.3, 0.4) is 0 Å². The third-order valence-corrected chi connectivity index (χ3v) is 8.23. The molecule has 2 aliphatic heterocycles. The highest BCUT2D eigenvalue weighted by atomic mass is 32.2. The zero-order valence-corrected chi connectivity index (χ0v) is 19.8. The number of nitriles is 1. The molecule has 2 aliphatic rings. The van der Waals surface area contributed by atoms with Gasteiger partial charge in [0.2, 0.25) is 15.9 Å². The van der Waals surface area contributed by atoms with E-state index in [-0.39, 0.29) is 23.9 Å². The molecule has 2 fully saturated rings. The van der Waals surface area contributed by atoms with Gasteiger partial charge in [-0.15, -0.1) is 0 Å². The molecule has 180 valence electrons. The minimum absolute atomic E-state index is 0.00498. The van der Waals surface area contributed by atoms with Crippen LogP contribution < -0.4 is 4.90 Å².